The van der Waals surface area contributed by atoms with Gasteiger partial charge in [-0.05, 0) is 66.9 Å². The Labute approximate surface area is 203 Å². The van der Waals surface area contributed by atoms with Gasteiger partial charge in [0, 0.05) is 15.7 Å². The summed E-state index contributed by atoms with van der Waals surface area (Å²) in [6.45, 7) is 5.77. The topological polar surface area (TPSA) is 84.5 Å². The monoisotopic (exact) mass is 506 g/mol. The van der Waals surface area contributed by atoms with Crippen molar-refractivity contribution in [1.29, 1.82) is 0 Å². The Kier molecular flexibility index (Phi) is 7.89. The number of hydrogen-bond donors (Lipinski definition) is 2. The van der Waals surface area contributed by atoms with E-state index in [2.05, 4.69) is 23.9 Å². The lowest BCUT2D eigenvalue weighted by molar-refractivity contribution is -0.122. The van der Waals surface area contributed by atoms with Crippen LogP contribution in [0.4, 0.5) is 11.4 Å². The average molecular weight is 507 g/mol. The van der Waals surface area contributed by atoms with Gasteiger partial charge in [-0.2, -0.15) is 0 Å². The van der Waals surface area contributed by atoms with Crippen molar-refractivity contribution in [3.63, 3.8) is 0 Å². The molecule has 0 radical (unpaired) electrons. The number of nitrogens with one attached hydrogen (secondary N) is 2. The highest BCUT2D eigenvalue weighted by Gasteiger charge is 2.19. The van der Waals surface area contributed by atoms with Gasteiger partial charge >= 0.3 is 0 Å². The van der Waals surface area contributed by atoms with E-state index in [1.807, 2.05) is 24.3 Å². The first-order valence-electron chi connectivity index (χ1n) is 10.2. The van der Waals surface area contributed by atoms with Crippen LogP contribution in [0.15, 0.2) is 71.6 Å². The van der Waals surface area contributed by atoms with Crippen molar-refractivity contribution in [2.24, 2.45) is 0 Å². The first-order valence-corrected chi connectivity index (χ1v) is 12.4. The van der Waals surface area contributed by atoms with Crippen LogP contribution >= 0.6 is 23.2 Å². The van der Waals surface area contributed by atoms with E-state index in [9.17, 15) is 13.2 Å². The second-order valence-electron chi connectivity index (χ2n) is 7.73. The summed E-state index contributed by atoms with van der Waals surface area (Å²) >= 11 is 11.9. The van der Waals surface area contributed by atoms with Crippen molar-refractivity contribution >= 4 is 50.5 Å². The lowest BCUT2D eigenvalue weighted by Crippen LogP contribution is -2.30. The van der Waals surface area contributed by atoms with Crippen LogP contribution in [0.1, 0.15) is 32.3 Å². The van der Waals surface area contributed by atoms with Gasteiger partial charge in [0.1, 0.15) is 5.75 Å². The number of sulfonamides is 1. The zero-order valence-electron chi connectivity index (χ0n) is 18.3. The van der Waals surface area contributed by atoms with E-state index in [1.54, 1.807) is 6.92 Å². The third-order valence-corrected chi connectivity index (χ3v) is 6.59. The molecule has 1 unspecified atom stereocenters. The minimum atomic E-state index is -3.87. The van der Waals surface area contributed by atoms with E-state index in [0.29, 0.717) is 21.5 Å². The van der Waals surface area contributed by atoms with Crippen LogP contribution in [-0.2, 0) is 14.8 Å². The molecule has 0 heterocycles. The Morgan fingerprint density at radius 1 is 0.879 bits per heavy atom. The average Bonchev–Trinajstić information content (AvgIpc) is 2.73. The van der Waals surface area contributed by atoms with E-state index < -0.39 is 16.1 Å². The van der Waals surface area contributed by atoms with E-state index >= 15 is 0 Å². The molecule has 3 rings (SSSR count). The van der Waals surface area contributed by atoms with Crippen LogP contribution in [0.25, 0.3) is 0 Å². The molecule has 0 saturated carbocycles. The molecule has 0 aliphatic rings. The molecular weight excluding hydrogens is 483 g/mol. The maximum absolute atomic E-state index is 12.7. The maximum Gasteiger partial charge on any atom is 0.265 e. The molecule has 0 aromatic heterocycles. The number of anilines is 2. The van der Waals surface area contributed by atoms with Gasteiger partial charge in [-0.25, -0.2) is 8.42 Å². The van der Waals surface area contributed by atoms with Gasteiger partial charge in [-0.1, -0.05) is 55.2 Å². The zero-order valence-corrected chi connectivity index (χ0v) is 20.6. The predicted octanol–water partition coefficient (Wildman–Crippen LogP) is 6.32. The quantitative estimate of drug-likeness (QED) is 0.374. The molecule has 1 atom stereocenters. The molecular formula is C24H24Cl2N2O4S. The van der Waals surface area contributed by atoms with Crippen molar-refractivity contribution in [2.45, 2.75) is 37.7 Å². The van der Waals surface area contributed by atoms with E-state index in [0.717, 1.165) is 5.56 Å². The second kappa shape index (κ2) is 10.5. The van der Waals surface area contributed by atoms with Gasteiger partial charge in [0.2, 0.25) is 0 Å². The fourth-order valence-corrected chi connectivity index (χ4v) is 4.66. The minimum Gasteiger partial charge on any atom is -0.481 e. The largest absolute Gasteiger partial charge is 0.481 e. The van der Waals surface area contributed by atoms with Crippen molar-refractivity contribution < 1.29 is 17.9 Å². The number of rotatable bonds is 8. The Morgan fingerprint density at radius 2 is 1.48 bits per heavy atom. The first kappa shape index (κ1) is 24.9. The van der Waals surface area contributed by atoms with Gasteiger partial charge in [0.05, 0.1) is 10.6 Å². The number of hydrogen-bond acceptors (Lipinski definition) is 4. The van der Waals surface area contributed by atoms with Crippen LogP contribution in [-0.4, -0.2) is 20.4 Å². The number of benzene rings is 3. The fourth-order valence-electron chi connectivity index (χ4n) is 3.10. The molecule has 0 bridgehead atoms. The van der Waals surface area contributed by atoms with Crippen LogP contribution in [0.5, 0.6) is 5.75 Å². The number of amides is 1. The molecule has 1 amide bonds. The summed E-state index contributed by atoms with van der Waals surface area (Å²) in [6.07, 6.45) is -0.748. The molecule has 0 aliphatic carbocycles. The van der Waals surface area contributed by atoms with Crippen molar-refractivity contribution in [2.75, 3.05) is 10.0 Å². The number of halogens is 2. The van der Waals surface area contributed by atoms with Crippen LogP contribution in [0.3, 0.4) is 0 Å². The first-order chi connectivity index (χ1) is 15.5. The van der Waals surface area contributed by atoms with Crippen LogP contribution < -0.4 is 14.8 Å². The standard InChI is InChI=1S/C24H24Cl2N2O4S/c1-15(2)22-6-4-5-7-23(22)32-16(3)24(29)27-19-8-10-21(11-9-19)33(30,31)28-20-13-17(25)12-18(26)14-20/h4-16,28H,1-3H3,(H,27,29). The van der Waals surface area contributed by atoms with Gasteiger partial charge in [0.25, 0.3) is 15.9 Å². The number of para-hydroxylation sites is 1. The van der Waals surface area contributed by atoms with Gasteiger partial charge in [0.15, 0.2) is 6.10 Å². The molecule has 3 aromatic rings. The number of ether oxygens (including phenoxy) is 1. The Morgan fingerprint density at radius 3 is 2.09 bits per heavy atom. The predicted molar refractivity (Wildman–Crippen MR) is 133 cm³/mol. The summed E-state index contributed by atoms with van der Waals surface area (Å²) in [5, 5.41) is 3.36. The molecule has 6 nitrogen and oxygen atoms in total. The Balaban J connectivity index is 1.67. The molecule has 174 valence electrons. The van der Waals surface area contributed by atoms with E-state index in [1.165, 1.54) is 42.5 Å². The van der Waals surface area contributed by atoms with Crippen molar-refractivity contribution in [1.82, 2.24) is 0 Å². The fraction of sp³-hybridized carbons (Fsp3) is 0.208. The van der Waals surface area contributed by atoms with Gasteiger partial charge in [-0.3, -0.25) is 9.52 Å². The molecule has 0 fully saturated rings. The summed E-state index contributed by atoms with van der Waals surface area (Å²) in [5.41, 5.74) is 1.70. The summed E-state index contributed by atoms with van der Waals surface area (Å²) in [4.78, 5) is 12.6. The molecule has 33 heavy (non-hydrogen) atoms. The smallest absolute Gasteiger partial charge is 0.265 e. The highest BCUT2D eigenvalue weighted by Crippen LogP contribution is 2.27. The Hall–Kier alpha value is -2.74. The highest BCUT2D eigenvalue weighted by molar-refractivity contribution is 7.92. The molecule has 9 heteroatoms. The molecule has 0 saturated heterocycles. The Bertz CT molecular complexity index is 1230. The summed E-state index contributed by atoms with van der Waals surface area (Å²) < 4.78 is 33.6. The van der Waals surface area contributed by atoms with Gasteiger partial charge < -0.3 is 10.1 Å². The number of carbonyl (C=O) groups is 1. The van der Waals surface area contributed by atoms with E-state index in [-0.39, 0.29) is 22.4 Å². The van der Waals surface area contributed by atoms with Gasteiger partial charge in [-0.15, -0.1) is 0 Å². The molecule has 2 N–H and O–H groups in total. The SMILES string of the molecule is CC(Oc1ccccc1C(C)C)C(=O)Nc1ccc(S(=O)(=O)Nc2cc(Cl)cc(Cl)c2)cc1. The highest BCUT2D eigenvalue weighted by atomic mass is 35.5. The van der Waals surface area contributed by atoms with Crippen molar-refractivity contribution in [3.05, 3.63) is 82.3 Å². The summed E-state index contributed by atoms with van der Waals surface area (Å²) in [5.74, 6) is 0.558. The van der Waals surface area contributed by atoms with Crippen molar-refractivity contribution in [3.8, 4) is 5.75 Å². The van der Waals surface area contributed by atoms with Crippen LogP contribution in [0.2, 0.25) is 10.0 Å². The summed E-state index contributed by atoms with van der Waals surface area (Å²) in [6, 6.07) is 17.8. The molecule has 0 spiro atoms. The normalized spacial score (nSPS) is 12.3. The number of carbonyl (C=O) groups excluding carboxylic acids is 1. The summed E-state index contributed by atoms with van der Waals surface area (Å²) in [7, 11) is -3.87. The molecule has 0 aliphatic heterocycles. The molecule has 3 aromatic carbocycles. The zero-order chi connectivity index (χ0) is 24.2. The maximum atomic E-state index is 12.7. The lowest BCUT2D eigenvalue weighted by atomic mass is 10.0. The third-order valence-electron chi connectivity index (χ3n) is 4.76. The second-order valence-corrected chi connectivity index (χ2v) is 10.3. The lowest BCUT2D eigenvalue weighted by Gasteiger charge is -2.18. The van der Waals surface area contributed by atoms with E-state index in [4.69, 9.17) is 27.9 Å². The third kappa shape index (κ3) is 6.63. The minimum absolute atomic E-state index is 0.0201. The van der Waals surface area contributed by atoms with Crippen LogP contribution in [0, 0.1) is 0 Å².